The molecule has 0 amide bonds. The van der Waals surface area contributed by atoms with Crippen LogP contribution in [0.4, 0.5) is 0 Å². The second kappa shape index (κ2) is 10.1. The van der Waals surface area contributed by atoms with Gasteiger partial charge in [0.2, 0.25) is 5.88 Å². The Balaban J connectivity index is 1.56. The van der Waals surface area contributed by atoms with Gasteiger partial charge < -0.3 is 20.1 Å². The Labute approximate surface area is 170 Å². The van der Waals surface area contributed by atoms with Gasteiger partial charge in [-0.25, -0.2) is 9.98 Å². The van der Waals surface area contributed by atoms with Gasteiger partial charge in [-0.2, -0.15) is 5.10 Å². The molecular weight excluding hydrogens is 368 g/mol. The minimum atomic E-state index is 0.510. The lowest BCUT2D eigenvalue weighted by Gasteiger charge is -2.11. The van der Waals surface area contributed by atoms with Crippen molar-refractivity contribution in [1.29, 1.82) is 0 Å². The summed E-state index contributed by atoms with van der Waals surface area (Å²) in [5.41, 5.74) is 2.07. The van der Waals surface area contributed by atoms with Crippen LogP contribution in [0.3, 0.4) is 0 Å². The summed E-state index contributed by atoms with van der Waals surface area (Å²) in [5.74, 6) is 2.77. The normalized spacial score (nSPS) is 11.2. The molecule has 8 heteroatoms. The van der Waals surface area contributed by atoms with Crippen molar-refractivity contribution in [3.05, 3.63) is 66.1 Å². The molecule has 0 aliphatic rings. The fourth-order valence-electron chi connectivity index (χ4n) is 2.59. The topological polar surface area (TPSA) is 85.6 Å². The quantitative estimate of drug-likeness (QED) is 0.451. The zero-order chi connectivity index (χ0) is 20.5. The first kappa shape index (κ1) is 20.2. The van der Waals surface area contributed by atoms with E-state index in [4.69, 9.17) is 9.47 Å². The highest BCUT2D eigenvalue weighted by atomic mass is 16.5. The molecule has 2 heterocycles. The van der Waals surface area contributed by atoms with E-state index in [1.807, 2.05) is 61.1 Å². The van der Waals surface area contributed by atoms with Gasteiger partial charge in [0.15, 0.2) is 5.96 Å². The molecule has 8 nitrogen and oxygen atoms in total. The SMILES string of the molecule is CCNC(=NCc1ccc(Oc2ccc(OC)cc2)nc1)NCc1ccnn1C. The van der Waals surface area contributed by atoms with Crippen molar-refractivity contribution in [2.75, 3.05) is 13.7 Å². The van der Waals surface area contributed by atoms with E-state index in [9.17, 15) is 0 Å². The van der Waals surface area contributed by atoms with Crippen LogP contribution in [0.15, 0.2) is 59.9 Å². The number of pyridine rings is 1. The summed E-state index contributed by atoms with van der Waals surface area (Å²) in [6, 6.07) is 13.1. The Morgan fingerprint density at radius 2 is 1.86 bits per heavy atom. The highest BCUT2D eigenvalue weighted by molar-refractivity contribution is 5.79. The molecule has 152 valence electrons. The number of ether oxygens (including phenoxy) is 2. The number of methoxy groups -OCH3 is 1. The Bertz CT molecular complexity index is 919. The van der Waals surface area contributed by atoms with Crippen LogP contribution in [0.5, 0.6) is 17.4 Å². The zero-order valence-electron chi connectivity index (χ0n) is 16.9. The molecule has 0 unspecified atom stereocenters. The summed E-state index contributed by atoms with van der Waals surface area (Å²) in [7, 11) is 3.55. The van der Waals surface area contributed by atoms with Crippen molar-refractivity contribution in [1.82, 2.24) is 25.4 Å². The number of hydrogen-bond donors (Lipinski definition) is 2. The molecule has 0 spiro atoms. The Morgan fingerprint density at radius 1 is 1.07 bits per heavy atom. The van der Waals surface area contributed by atoms with E-state index in [1.165, 1.54) is 0 Å². The summed E-state index contributed by atoms with van der Waals surface area (Å²) in [6.45, 7) is 3.98. The van der Waals surface area contributed by atoms with Gasteiger partial charge in [0.05, 0.1) is 25.9 Å². The first-order valence-electron chi connectivity index (χ1n) is 9.44. The molecule has 0 bridgehead atoms. The lowest BCUT2D eigenvalue weighted by Crippen LogP contribution is -2.37. The number of hydrogen-bond acceptors (Lipinski definition) is 5. The molecule has 0 aliphatic carbocycles. The first-order valence-corrected chi connectivity index (χ1v) is 9.44. The van der Waals surface area contributed by atoms with Gasteiger partial charge in [-0.3, -0.25) is 4.68 Å². The molecular formula is C21H26N6O2. The third-order valence-corrected chi connectivity index (χ3v) is 4.20. The molecule has 0 saturated heterocycles. The van der Waals surface area contributed by atoms with Gasteiger partial charge in [-0.05, 0) is 42.8 Å². The number of nitrogens with zero attached hydrogens (tertiary/aromatic N) is 4. The second-order valence-corrected chi connectivity index (χ2v) is 6.28. The Hall–Kier alpha value is -3.55. The number of aryl methyl sites for hydroxylation is 1. The molecule has 3 aromatic rings. The van der Waals surface area contributed by atoms with Crippen molar-refractivity contribution in [2.24, 2.45) is 12.0 Å². The molecule has 1 aromatic carbocycles. The lowest BCUT2D eigenvalue weighted by molar-refractivity contribution is 0.412. The van der Waals surface area contributed by atoms with Crippen LogP contribution in [0.1, 0.15) is 18.2 Å². The van der Waals surface area contributed by atoms with E-state index in [2.05, 4.69) is 25.7 Å². The zero-order valence-corrected chi connectivity index (χ0v) is 16.9. The molecule has 0 aliphatic heterocycles. The lowest BCUT2D eigenvalue weighted by atomic mass is 10.3. The highest BCUT2D eigenvalue weighted by Gasteiger charge is 2.03. The number of aromatic nitrogens is 3. The number of benzene rings is 1. The summed E-state index contributed by atoms with van der Waals surface area (Å²) in [6.07, 6.45) is 3.55. The minimum Gasteiger partial charge on any atom is -0.497 e. The summed E-state index contributed by atoms with van der Waals surface area (Å²) < 4.78 is 12.7. The maximum Gasteiger partial charge on any atom is 0.219 e. The largest absolute Gasteiger partial charge is 0.497 e. The van der Waals surface area contributed by atoms with Gasteiger partial charge >= 0.3 is 0 Å². The molecule has 0 radical (unpaired) electrons. The third kappa shape index (κ3) is 5.97. The predicted molar refractivity (Wildman–Crippen MR) is 112 cm³/mol. The van der Waals surface area contributed by atoms with E-state index in [0.29, 0.717) is 24.7 Å². The van der Waals surface area contributed by atoms with Gasteiger partial charge in [0.25, 0.3) is 0 Å². The van der Waals surface area contributed by atoms with Crippen LogP contribution < -0.4 is 20.1 Å². The average molecular weight is 394 g/mol. The van der Waals surface area contributed by atoms with Crippen molar-refractivity contribution in [3.63, 3.8) is 0 Å². The van der Waals surface area contributed by atoms with Crippen LogP contribution in [0, 0.1) is 0 Å². The fourth-order valence-corrected chi connectivity index (χ4v) is 2.59. The van der Waals surface area contributed by atoms with Crippen molar-refractivity contribution < 1.29 is 9.47 Å². The van der Waals surface area contributed by atoms with Gasteiger partial charge in [0.1, 0.15) is 11.5 Å². The number of nitrogens with one attached hydrogen (secondary N) is 2. The second-order valence-electron chi connectivity index (χ2n) is 6.28. The molecule has 0 fully saturated rings. The Kier molecular flexibility index (Phi) is 7.05. The number of guanidine groups is 1. The van der Waals surface area contributed by atoms with E-state index >= 15 is 0 Å². The van der Waals surface area contributed by atoms with Crippen LogP contribution in [0.25, 0.3) is 0 Å². The first-order chi connectivity index (χ1) is 14.2. The Morgan fingerprint density at radius 3 is 2.48 bits per heavy atom. The van der Waals surface area contributed by atoms with Crippen molar-refractivity contribution in [2.45, 2.75) is 20.0 Å². The van der Waals surface area contributed by atoms with Crippen LogP contribution in [-0.4, -0.2) is 34.4 Å². The van der Waals surface area contributed by atoms with Crippen molar-refractivity contribution in [3.8, 4) is 17.4 Å². The van der Waals surface area contributed by atoms with Crippen LogP contribution in [-0.2, 0) is 20.1 Å². The molecule has 2 N–H and O–H groups in total. The minimum absolute atomic E-state index is 0.510. The summed E-state index contributed by atoms with van der Waals surface area (Å²) in [5, 5.41) is 10.7. The third-order valence-electron chi connectivity index (χ3n) is 4.20. The van der Waals surface area contributed by atoms with Gasteiger partial charge in [-0.1, -0.05) is 6.07 Å². The smallest absolute Gasteiger partial charge is 0.219 e. The molecule has 3 rings (SSSR count). The molecule has 0 saturated carbocycles. The standard InChI is InChI=1S/C21H26N6O2/c1-4-22-21(25-15-17-11-12-26-27(17)2)24-14-16-5-10-20(23-13-16)29-19-8-6-18(28-3)7-9-19/h5-13H,4,14-15H2,1-3H3,(H2,22,24,25). The summed E-state index contributed by atoms with van der Waals surface area (Å²) in [4.78, 5) is 8.98. The van der Waals surface area contributed by atoms with E-state index in [1.54, 1.807) is 19.5 Å². The monoisotopic (exact) mass is 394 g/mol. The number of aliphatic imine (C=N–C) groups is 1. The maximum atomic E-state index is 5.75. The predicted octanol–water partition coefficient (Wildman–Crippen LogP) is 2.87. The van der Waals surface area contributed by atoms with E-state index in [0.717, 1.165) is 29.5 Å². The maximum absolute atomic E-state index is 5.75. The van der Waals surface area contributed by atoms with Crippen molar-refractivity contribution >= 4 is 5.96 Å². The molecule has 0 atom stereocenters. The average Bonchev–Trinajstić information content (AvgIpc) is 3.16. The molecule has 2 aromatic heterocycles. The van der Waals surface area contributed by atoms with E-state index < -0.39 is 0 Å². The van der Waals surface area contributed by atoms with Gasteiger partial charge in [0, 0.05) is 32.1 Å². The van der Waals surface area contributed by atoms with Crippen LogP contribution >= 0.6 is 0 Å². The van der Waals surface area contributed by atoms with Gasteiger partial charge in [-0.15, -0.1) is 0 Å². The summed E-state index contributed by atoms with van der Waals surface area (Å²) >= 11 is 0. The number of rotatable bonds is 8. The van der Waals surface area contributed by atoms with Crippen LogP contribution in [0.2, 0.25) is 0 Å². The highest BCUT2D eigenvalue weighted by Crippen LogP contribution is 2.22. The van der Waals surface area contributed by atoms with E-state index in [-0.39, 0.29) is 0 Å². The molecule has 29 heavy (non-hydrogen) atoms. The fraction of sp³-hybridized carbons (Fsp3) is 0.286.